The highest BCUT2D eigenvalue weighted by molar-refractivity contribution is 7.15. The number of amides is 2. The third-order valence-corrected chi connectivity index (χ3v) is 5.49. The summed E-state index contributed by atoms with van der Waals surface area (Å²) in [5.41, 5.74) is 0.732. The molecule has 2 amide bonds. The first-order chi connectivity index (χ1) is 11.4. The Hall–Kier alpha value is -2.26. The number of hydrogen-bond acceptors (Lipinski definition) is 6. The Morgan fingerprint density at radius 2 is 2.17 bits per heavy atom. The van der Waals surface area contributed by atoms with Gasteiger partial charge in [-0.3, -0.25) is 9.20 Å². The first kappa shape index (κ1) is 16.6. The minimum atomic E-state index is -0.373. The fourth-order valence-electron chi connectivity index (χ4n) is 2.41. The summed E-state index contributed by atoms with van der Waals surface area (Å²) in [4.78, 5) is 36.7. The summed E-state index contributed by atoms with van der Waals surface area (Å²) in [6, 6.07) is -0.572. The van der Waals surface area contributed by atoms with Crippen molar-refractivity contribution in [3.05, 3.63) is 43.7 Å². The van der Waals surface area contributed by atoms with E-state index in [-0.39, 0.29) is 23.3 Å². The van der Waals surface area contributed by atoms with Crippen molar-refractivity contribution in [3.63, 3.8) is 0 Å². The maximum absolute atomic E-state index is 12.5. The molecule has 0 aliphatic rings. The fraction of sp³-hybridized carbons (Fsp3) is 0.333. The number of aryl methyl sites for hydroxylation is 2. The number of fused-ring (bicyclic) bond motifs is 1. The molecule has 3 heterocycles. The van der Waals surface area contributed by atoms with Crippen LogP contribution in [0.25, 0.3) is 4.96 Å². The summed E-state index contributed by atoms with van der Waals surface area (Å²) in [6.07, 6.45) is 3.03. The predicted octanol–water partition coefficient (Wildman–Crippen LogP) is 3.05. The number of anilines is 1. The minimum Gasteiger partial charge on any atom is -0.319 e. The average molecular weight is 363 g/mol. The second-order valence-corrected chi connectivity index (χ2v) is 7.70. The Morgan fingerprint density at radius 3 is 2.83 bits per heavy atom. The maximum Gasteiger partial charge on any atom is 0.322 e. The number of thiazole rings is 2. The van der Waals surface area contributed by atoms with Crippen LogP contribution >= 0.6 is 22.7 Å². The lowest BCUT2D eigenvalue weighted by Gasteiger charge is -2.24. The quantitative estimate of drug-likeness (QED) is 0.776. The van der Waals surface area contributed by atoms with Gasteiger partial charge in [0.2, 0.25) is 0 Å². The molecular formula is C15H17N5O2S2. The molecule has 0 saturated heterocycles. The van der Waals surface area contributed by atoms with Gasteiger partial charge >= 0.3 is 6.03 Å². The summed E-state index contributed by atoms with van der Waals surface area (Å²) >= 11 is 2.97. The Bertz CT molecular complexity index is 958. The van der Waals surface area contributed by atoms with Crippen LogP contribution in [0.5, 0.6) is 0 Å². The van der Waals surface area contributed by atoms with E-state index >= 15 is 0 Å². The van der Waals surface area contributed by atoms with Gasteiger partial charge in [-0.15, -0.1) is 22.7 Å². The van der Waals surface area contributed by atoms with Crippen molar-refractivity contribution in [2.24, 2.45) is 0 Å². The molecule has 0 bridgehead atoms. The van der Waals surface area contributed by atoms with Crippen LogP contribution in [0.1, 0.15) is 28.5 Å². The zero-order valence-corrected chi connectivity index (χ0v) is 15.4. The Labute approximate surface area is 146 Å². The molecule has 3 aromatic rings. The van der Waals surface area contributed by atoms with Gasteiger partial charge < -0.3 is 10.2 Å². The van der Waals surface area contributed by atoms with Gasteiger partial charge in [-0.25, -0.2) is 14.8 Å². The lowest BCUT2D eigenvalue weighted by molar-refractivity contribution is 0.207. The van der Waals surface area contributed by atoms with E-state index in [0.29, 0.717) is 4.96 Å². The van der Waals surface area contributed by atoms with Gasteiger partial charge in [0.1, 0.15) is 5.69 Å². The van der Waals surface area contributed by atoms with Gasteiger partial charge in [-0.1, -0.05) is 0 Å². The number of carbonyl (C=O) groups excluding carboxylic acids is 1. The first-order valence-corrected chi connectivity index (χ1v) is 9.00. The van der Waals surface area contributed by atoms with E-state index in [1.165, 1.54) is 26.8 Å². The number of urea groups is 1. The van der Waals surface area contributed by atoms with Crippen molar-refractivity contribution in [2.45, 2.75) is 26.8 Å². The van der Waals surface area contributed by atoms with E-state index in [1.807, 2.05) is 20.8 Å². The zero-order valence-electron chi connectivity index (χ0n) is 13.7. The van der Waals surface area contributed by atoms with Gasteiger partial charge in [0, 0.05) is 23.5 Å². The number of nitrogens with one attached hydrogen (secondary N) is 1. The van der Waals surface area contributed by atoms with Crippen molar-refractivity contribution in [1.29, 1.82) is 0 Å². The zero-order chi connectivity index (χ0) is 17.4. The molecule has 9 heteroatoms. The molecular weight excluding hydrogens is 346 g/mol. The van der Waals surface area contributed by atoms with E-state index in [1.54, 1.807) is 30.0 Å². The van der Waals surface area contributed by atoms with Crippen LogP contribution in [-0.2, 0) is 0 Å². The molecule has 1 unspecified atom stereocenters. The van der Waals surface area contributed by atoms with Gasteiger partial charge in [0.05, 0.1) is 22.9 Å². The summed E-state index contributed by atoms with van der Waals surface area (Å²) < 4.78 is 1.41. The second-order valence-electron chi connectivity index (χ2n) is 5.42. The topological polar surface area (TPSA) is 79.6 Å². The SMILES string of the molecule is Cc1nc(C(C)N(C)C(=O)Nc2cnc3sccn3c2=O)c(C)s1. The molecule has 0 spiro atoms. The summed E-state index contributed by atoms with van der Waals surface area (Å²) in [5, 5.41) is 5.38. The number of aromatic nitrogens is 3. The average Bonchev–Trinajstić information content (AvgIpc) is 3.15. The van der Waals surface area contributed by atoms with Crippen LogP contribution in [0.15, 0.2) is 22.6 Å². The van der Waals surface area contributed by atoms with E-state index < -0.39 is 0 Å². The summed E-state index contributed by atoms with van der Waals surface area (Å²) in [5.74, 6) is 0. The lowest BCUT2D eigenvalue weighted by Crippen LogP contribution is -2.35. The van der Waals surface area contributed by atoms with Gasteiger partial charge in [0.25, 0.3) is 5.56 Å². The minimum absolute atomic E-state index is 0.154. The van der Waals surface area contributed by atoms with Crippen LogP contribution < -0.4 is 10.9 Å². The Kier molecular flexibility index (Phi) is 4.37. The lowest BCUT2D eigenvalue weighted by atomic mass is 10.2. The molecule has 126 valence electrons. The standard InChI is InChI=1S/C15H17N5O2S2/c1-8(12-9(2)24-10(3)17-12)19(4)14(22)18-11-7-16-15-20(13(11)21)5-6-23-15/h5-8H,1-4H3,(H,18,22). The van der Waals surface area contributed by atoms with Crippen LogP contribution in [-0.4, -0.2) is 32.3 Å². The van der Waals surface area contributed by atoms with Crippen molar-refractivity contribution in [1.82, 2.24) is 19.3 Å². The number of rotatable bonds is 3. The first-order valence-electron chi connectivity index (χ1n) is 7.31. The molecule has 1 N–H and O–H groups in total. The highest BCUT2D eigenvalue weighted by Crippen LogP contribution is 2.26. The van der Waals surface area contributed by atoms with E-state index in [4.69, 9.17) is 0 Å². The Morgan fingerprint density at radius 1 is 1.42 bits per heavy atom. The van der Waals surface area contributed by atoms with Crippen molar-refractivity contribution < 1.29 is 4.79 Å². The monoisotopic (exact) mass is 363 g/mol. The van der Waals surface area contributed by atoms with E-state index in [2.05, 4.69) is 15.3 Å². The van der Waals surface area contributed by atoms with Crippen molar-refractivity contribution in [2.75, 3.05) is 12.4 Å². The predicted molar refractivity (Wildman–Crippen MR) is 96.1 cm³/mol. The molecule has 0 fully saturated rings. The smallest absolute Gasteiger partial charge is 0.319 e. The van der Waals surface area contributed by atoms with E-state index in [9.17, 15) is 9.59 Å². The molecule has 24 heavy (non-hydrogen) atoms. The molecule has 3 aromatic heterocycles. The highest BCUT2D eigenvalue weighted by atomic mass is 32.1. The third kappa shape index (κ3) is 2.92. The number of hydrogen-bond donors (Lipinski definition) is 1. The van der Waals surface area contributed by atoms with E-state index in [0.717, 1.165) is 15.6 Å². The molecule has 3 rings (SSSR count). The summed E-state index contributed by atoms with van der Waals surface area (Å²) in [6.45, 7) is 5.84. The number of carbonyl (C=O) groups is 1. The highest BCUT2D eigenvalue weighted by Gasteiger charge is 2.22. The molecule has 0 saturated carbocycles. The molecule has 0 aliphatic carbocycles. The van der Waals surface area contributed by atoms with Gasteiger partial charge in [0.15, 0.2) is 4.96 Å². The largest absolute Gasteiger partial charge is 0.322 e. The molecule has 0 aliphatic heterocycles. The summed E-state index contributed by atoms with van der Waals surface area (Å²) in [7, 11) is 1.68. The van der Waals surface area contributed by atoms with Gasteiger partial charge in [-0.2, -0.15) is 0 Å². The molecule has 0 aromatic carbocycles. The van der Waals surface area contributed by atoms with Crippen LogP contribution in [0.4, 0.5) is 10.5 Å². The molecule has 1 atom stereocenters. The maximum atomic E-state index is 12.5. The third-order valence-electron chi connectivity index (χ3n) is 3.82. The molecule has 7 nitrogen and oxygen atoms in total. The Balaban J connectivity index is 1.81. The fourth-order valence-corrected chi connectivity index (χ4v) is 3.99. The van der Waals surface area contributed by atoms with Crippen LogP contribution in [0.3, 0.4) is 0 Å². The van der Waals surface area contributed by atoms with Crippen LogP contribution in [0.2, 0.25) is 0 Å². The van der Waals surface area contributed by atoms with Crippen molar-refractivity contribution >= 4 is 39.4 Å². The normalized spacial score (nSPS) is 12.3. The van der Waals surface area contributed by atoms with Gasteiger partial charge in [-0.05, 0) is 20.8 Å². The number of nitrogens with zero attached hydrogens (tertiary/aromatic N) is 4. The van der Waals surface area contributed by atoms with Crippen LogP contribution in [0, 0.1) is 13.8 Å². The second kappa shape index (κ2) is 6.33. The van der Waals surface area contributed by atoms with Crippen molar-refractivity contribution in [3.8, 4) is 0 Å². The molecule has 0 radical (unpaired) electrons.